The predicted octanol–water partition coefficient (Wildman–Crippen LogP) is 4.39. The van der Waals surface area contributed by atoms with E-state index in [0.29, 0.717) is 18.6 Å². The van der Waals surface area contributed by atoms with Crippen LogP contribution in [-0.2, 0) is 14.3 Å². The fourth-order valence-corrected chi connectivity index (χ4v) is 4.03. The summed E-state index contributed by atoms with van der Waals surface area (Å²) in [6.45, 7) is 3.18. The van der Waals surface area contributed by atoms with Gasteiger partial charge in [-0.2, -0.15) is 5.10 Å². The molecule has 0 radical (unpaired) electrons. The van der Waals surface area contributed by atoms with E-state index in [2.05, 4.69) is 5.10 Å². The van der Waals surface area contributed by atoms with Gasteiger partial charge < -0.3 is 9.15 Å². The van der Waals surface area contributed by atoms with Crippen molar-refractivity contribution in [3.05, 3.63) is 59.5 Å². The quantitative estimate of drug-likeness (QED) is 0.516. The van der Waals surface area contributed by atoms with Crippen molar-refractivity contribution in [1.82, 2.24) is 5.01 Å². The number of furan rings is 1. The minimum Gasteiger partial charge on any atom is -0.467 e. The molecule has 0 spiro atoms. The molecule has 1 saturated carbocycles. The van der Waals surface area contributed by atoms with Crippen LogP contribution in [0.5, 0.6) is 0 Å². The number of hydrazone groups is 1. The number of alkyl halides is 2. The maximum Gasteiger partial charge on any atom is 0.315 e. The van der Waals surface area contributed by atoms with E-state index in [-0.39, 0.29) is 0 Å². The number of aryl methyl sites for hydroxylation is 1. The highest BCUT2D eigenvalue weighted by Crippen LogP contribution is 2.64. The van der Waals surface area contributed by atoms with Crippen LogP contribution in [0.1, 0.15) is 42.7 Å². The molecule has 2 atom stereocenters. The van der Waals surface area contributed by atoms with Crippen LogP contribution < -0.4 is 0 Å². The molecule has 0 saturated heterocycles. The first-order chi connectivity index (χ1) is 13.7. The first-order valence-corrected chi connectivity index (χ1v) is 10.0. The Morgan fingerprint density at radius 1 is 1.28 bits per heavy atom. The van der Waals surface area contributed by atoms with Crippen LogP contribution in [0.2, 0.25) is 0 Å². The van der Waals surface area contributed by atoms with Crippen LogP contribution in [0, 0.1) is 12.3 Å². The Hall–Kier alpha value is -2.31. The normalized spacial score (nSPS) is 24.9. The van der Waals surface area contributed by atoms with Crippen LogP contribution in [0.25, 0.3) is 0 Å². The van der Waals surface area contributed by atoms with Crippen LogP contribution in [0.4, 0.5) is 0 Å². The first-order valence-electron chi connectivity index (χ1n) is 9.26. The molecule has 0 unspecified atom stereocenters. The number of ether oxygens (including phenoxy) is 1. The van der Waals surface area contributed by atoms with Crippen LogP contribution in [-0.4, -0.2) is 33.5 Å². The average Bonchev–Trinajstić information content (AvgIpc) is 3.15. The molecule has 2 aromatic rings. The highest BCUT2D eigenvalue weighted by Gasteiger charge is 2.69. The first kappa shape index (κ1) is 20.0. The molecule has 2 aliphatic rings. The third-order valence-corrected chi connectivity index (χ3v) is 6.56. The van der Waals surface area contributed by atoms with Crippen molar-refractivity contribution in [1.29, 1.82) is 0 Å². The van der Waals surface area contributed by atoms with Gasteiger partial charge in [-0.15, -0.1) is 23.2 Å². The molecule has 0 bridgehead atoms. The highest BCUT2D eigenvalue weighted by molar-refractivity contribution is 6.53. The molecule has 1 fully saturated rings. The molecule has 1 aromatic carbocycles. The average molecular weight is 435 g/mol. The topological polar surface area (TPSA) is 72.1 Å². The molecule has 1 aliphatic heterocycles. The molecular weight excluding hydrogens is 415 g/mol. The van der Waals surface area contributed by atoms with Gasteiger partial charge in [-0.25, -0.2) is 5.01 Å². The summed E-state index contributed by atoms with van der Waals surface area (Å²) in [6.07, 6.45) is 2.35. The summed E-state index contributed by atoms with van der Waals surface area (Å²) in [5.41, 5.74) is 1.84. The van der Waals surface area contributed by atoms with Gasteiger partial charge in [0.2, 0.25) is 0 Å². The number of benzene rings is 1. The van der Waals surface area contributed by atoms with Gasteiger partial charge in [0.05, 0.1) is 12.0 Å². The van der Waals surface area contributed by atoms with Gasteiger partial charge in [-0.05, 0) is 31.5 Å². The molecule has 8 heteroatoms. The van der Waals surface area contributed by atoms with Crippen LogP contribution in [0.15, 0.2) is 52.2 Å². The highest BCUT2D eigenvalue weighted by atomic mass is 35.5. The van der Waals surface area contributed by atoms with Gasteiger partial charge in [0.25, 0.3) is 5.91 Å². The zero-order valence-electron chi connectivity index (χ0n) is 16.0. The number of rotatable bonds is 5. The molecule has 29 heavy (non-hydrogen) atoms. The summed E-state index contributed by atoms with van der Waals surface area (Å²) in [5.74, 6) is -0.418. The van der Waals surface area contributed by atoms with E-state index in [0.717, 1.165) is 16.8 Å². The Labute approximate surface area is 178 Å². The number of halogens is 2. The van der Waals surface area contributed by atoms with E-state index in [1.54, 1.807) is 25.3 Å². The summed E-state index contributed by atoms with van der Waals surface area (Å²) in [4.78, 5) is 25.1. The van der Waals surface area contributed by atoms with Crippen molar-refractivity contribution >= 4 is 40.8 Å². The number of nitrogens with zero attached hydrogens (tertiary/aromatic N) is 2. The zero-order valence-corrected chi connectivity index (χ0v) is 17.5. The van der Waals surface area contributed by atoms with E-state index < -0.39 is 34.3 Å². The summed E-state index contributed by atoms with van der Waals surface area (Å²) >= 11 is 12.0. The lowest BCUT2D eigenvalue weighted by Gasteiger charge is -2.20. The molecular formula is C21H20Cl2N2O4. The van der Waals surface area contributed by atoms with Crippen molar-refractivity contribution in [3.8, 4) is 0 Å². The minimum atomic E-state index is -1.14. The third kappa shape index (κ3) is 3.67. The summed E-state index contributed by atoms with van der Waals surface area (Å²) in [6, 6.07) is 11.1. The van der Waals surface area contributed by atoms with E-state index in [1.807, 2.05) is 31.2 Å². The number of carbonyl (C=O) groups excluding carboxylic acids is 2. The van der Waals surface area contributed by atoms with E-state index >= 15 is 0 Å². The maximum absolute atomic E-state index is 12.8. The number of hydrogen-bond donors (Lipinski definition) is 0. The van der Waals surface area contributed by atoms with Gasteiger partial charge in [0, 0.05) is 12.8 Å². The Bertz CT molecular complexity index is 969. The lowest BCUT2D eigenvalue weighted by molar-refractivity contribution is -0.157. The van der Waals surface area contributed by atoms with Gasteiger partial charge in [-0.1, -0.05) is 29.8 Å². The van der Waals surface area contributed by atoms with Crippen LogP contribution in [0.3, 0.4) is 0 Å². The van der Waals surface area contributed by atoms with Gasteiger partial charge in [0.15, 0.2) is 6.61 Å². The minimum absolute atomic E-state index is 0.296. The lowest BCUT2D eigenvalue weighted by Crippen LogP contribution is -2.33. The Balaban J connectivity index is 1.51. The fraction of sp³-hybridized carbons (Fsp3) is 0.381. The Kier molecular flexibility index (Phi) is 4.95. The Morgan fingerprint density at radius 3 is 2.55 bits per heavy atom. The number of hydrogen-bond acceptors (Lipinski definition) is 5. The lowest BCUT2D eigenvalue weighted by atomic mass is 10.0. The van der Waals surface area contributed by atoms with Crippen molar-refractivity contribution < 1.29 is 18.7 Å². The molecule has 1 amide bonds. The second-order valence-corrected chi connectivity index (χ2v) is 9.16. The van der Waals surface area contributed by atoms with Gasteiger partial charge in [-0.3, -0.25) is 9.59 Å². The van der Waals surface area contributed by atoms with Crippen molar-refractivity contribution in [2.75, 3.05) is 6.61 Å². The third-order valence-electron chi connectivity index (χ3n) is 5.46. The number of carbonyl (C=O) groups is 2. The maximum atomic E-state index is 12.8. The standard InChI is InChI=1S/C21H20Cl2N2O4/c1-13-5-7-14(8-6-13)15-10-16(17-4-3-9-28-17)25(24-15)18(26)11-29-19(27)20(2)12-21(20,22)23/h3-9,16H,10-12H2,1-2H3/t16-,20-/m1/s1. The fourth-order valence-electron chi connectivity index (χ4n) is 3.34. The summed E-state index contributed by atoms with van der Waals surface area (Å²) in [7, 11) is 0. The van der Waals surface area contributed by atoms with E-state index in [9.17, 15) is 9.59 Å². The zero-order chi connectivity index (χ0) is 20.8. The van der Waals surface area contributed by atoms with Gasteiger partial charge in [0.1, 0.15) is 21.6 Å². The van der Waals surface area contributed by atoms with E-state index in [4.69, 9.17) is 32.4 Å². The van der Waals surface area contributed by atoms with Crippen LogP contribution >= 0.6 is 23.2 Å². The summed E-state index contributed by atoms with van der Waals surface area (Å²) in [5, 5.41) is 5.83. The summed E-state index contributed by atoms with van der Waals surface area (Å²) < 4.78 is 9.57. The molecule has 152 valence electrons. The van der Waals surface area contributed by atoms with E-state index in [1.165, 1.54) is 5.01 Å². The van der Waals surface area contributed by atoms with Gasteiger partial charge >= 0.3 is 5.97 Å². The molecule has 6 nitrogen and oxygen atoms in total. The smallest absolute Gasteiger partial charge is 0.315 e. The monoisotopic (exact) mass is 434 g/mol. The SMILES string of the molecule is Cc1ccc(C2=NN(C(=O)COC(=O)[C@@]3(C)CC3(Cl)Cl)[C@@H](c3ccco3)C2)cc1. The largest absolute Gasteiger partial charge is 0.467 e. The van der Waals surface area contributed by atoms with Crippen molar-refractivity contribution in [2.24, 2.45) is 10.5 Å². The molecule has 0 N–H and O–H groups in total. The molecule has 2 heterocycles. The second-order valence-electron chi connectivity index (χ2n) is 7.68. The Morgan fingerprint density at radius 2 is 1.97 bits per heavy atom. The van der Waals surface area contributed by atoms with Crippen molar-refractivity contribution in [2.45, 2.75) is 37.1 Å². The molecule has 4 rings (SSSR count). The molecule has 1 aromatic heterocycles. The van der Waals surface area contributed by atoms with Crippen molar-refractivity contribution in [3.63, 3.8) is 0 Å². The second kappa shape index (κ2) is 7.18. The number of esters is 1. The molecule has 1 aliphatic carbocycles. The predicted molar refractivity (Wildman–Crippen MR) is 109 cm³/mol. The number of amides is 1.